The van der Waals surface area contributed by atoms with Crippen molar-refractivity contribution in [2.75, 3.05) is 6.54 Å². The van der Waals surface area contributed by atoms with Crippen LogP contribution in [-0.2, 0) is 17.7 Å². The molecule has 0 aliphatic carbocycles. The minimum absolute atomic E-state index is 0.00247. The van der Waals surface area contributed by atoms with Gasteiger partial charge in [0, 0.05) is 35.0 Å². The summed E-state index contributed by atoms with van der Waals surface area (Å²) in [5, 5.41) is 0.616. The molecule has 1 heterocycles. The number of halogens is 3. The molecule has 0 radical (unpaired) electrons. The van der Waals surface area contributed by atoms with Crippen molar-refractivity contribution in [1.29, 1.82) is 0 Å². The number of fused-ring (bicyclic) bond motifs is 1. The Morgan fingerprint density at radius 1 is 1.17 bits per heavy atom. The van der Waals surface area contributed by atoms with Crippen LogP contribution in [0.3, 0.4) is 0 Å². The molecule has 0 aliphatic heterocycles. The summed E-state index contributed by atoms with van der Waals surface area (Å²) < 4.78 is 66.2. The first-order valence-corrected chi connectivity index (χ1v) is 9.75. The third-order valence-corrected chi connectivity index (χ3v) is 4.82. The number of nitrogens with one attached hydrogen (secondary N) is 1. The minimum Gasteiger partial charge on any atom is -0.760 e. The van der Waals surface area contributed by atoms with Gasteiger partial charge in [-0.2, -0.15) is 0 Å². The Kier molecular flexibility index (Phi) is 6.41. The number of hydrogen-bond donors (Lipinski definition) is 1. The van der Waals surface area contributed by atoms with E-state index in [2.05, 4.69) is 9.71 Å². The Labute approximate surface area is 167 Å². The molecule has 29 heavy (non-hydrogen) atoms. The molecule has 1 unspecified atom stereocenters. The van der Waals surface area contributed by atoms with Crippen molar-refractivity contribution in [2.24, 2.45) is 0 Å². The van der Waals surface area contributed by atoms with Gasteiger partial charge in [-0.1, -0.05) is 0 Å². The second-order valence-corrected chi connectivity index (χ2v) is 7.26. The van der Waals surface area contributed by atoms with Gasteiger partial charge in [0.25, 0.3) is 0 Å². The smallest absolute Gasteiger partial charge is 0.199 e. The normalized spacial score (nSPS) is 12.3. The fourth-order valence-electron chi connectivity index (χ4n) is 3.00. The van der Waals surface area contributed by atoms with Gasteiger partial charge in [0.2, 0.25) is 0 Å². The minimum atomic E-state index is -2.47. The van der Waals surface area contributed by atoms with Crippen LogP contribution in [0, 0.1) is 24.4 Å². The topological polar surface area (TPSA) is 82.1 Å². The lowest BCUT2D eigenvalue weighted by atomic mass is 9.96. The highest BCUT2D eigenvalue weighted by atomic mass is 32.2. The number of aromatic nitrogens is 1. The molecule has 1 aromatic heterocycles. The Balaban J connectivity index is 1.96. The molecule has 0 amide bonds. The van der Waals surface area contributed by atoms with E-state index in [0.29, 0.717) is 17.0 Å². The van der Waals surface area contributed by atoms with Crippen molar-refractivity contribution in [3.05, 3.63) is 76.2 Å². The molecular weight excluding hydrogens is 405 g/mol. The molecule has 0 saturated carbocycles. The van der Waals surface area contributed by atoms with Gasteiger partial charge in [0.15, 0.2) is 17.4 Å². The van der Waals surface area contributed by atoms with Gasteiger partial charge in [-0.3, -0.25) is 14.0 Å². The second-order valence-electron chi connectivity index (χ2n) is 6.50. The van der Waals surface area contributed by atoms with Gasteiger partial charge >= 0.3 is 0 Å². The van der Waals surface area contributed by atoms with Gasteiger partial charge in [0.1, 0.15) is 5.82 Å². The van der Waals surface area contributed by atoms with Gasteiger partial charge in [-0.15, -0.1) is 0 Å². The number of pyridine rings is 1. The molecule has 0 aliphatic rings. The average molecular weight is 421 g/mol. The van der Waals surface area contributed by atoms with Gasteiger partial charge in [-0.25, -0.2) is 17.9 Å². The summed E-state index contributed by atoms with van der Waals surface area (Å²) in [5.41, 5.74) is 0.281. The fourth-order valence-corrected chi connectivity index (χ4v) is 3.31. The van der Waals surface area contributed by atoms with E-state index in [4.69, 9.17) is 0 Å². The molecule has 5 nitrogen and oxygen atoms in total. The van der Waals surface area contributed by atoms with Crippen molar-refractivity contribution >= 4 is 28.0 Å². The molecule has 3 rings (SSSR count). The molecule has 0 saturated heterocycles. The van der Waals surface area contributed by atoms with Crippen molar-refractivity contribution < 1.29 is 26.7 Å². The van der Waals surface area contributed by atoms with Crippen LogP contribution < -0.4 is 4.72 Å². The first kappa shape index (κ1) is 21.1. The Morgan fingerprint density at radius 2 is 1.93 bits per heavy atom. The number of benzene rings is 2. The summed E-state index contributed by atoms with van der Waals surface area (Å²) in [6, 6.07) is 6.84. The van der Waals surface area contributed by atoms with Crippen molar-refractivity contribution in [2.45, 2.75) is 19.8 Å². The molecular formula is C20H16F3N2O3S-. The van der Waals surface area contributed by atoms with Crippen LogP contribution in [0.5, 0.6) is 0 Å². The SMILES string of the molecule is Cc1cnc2ccc(C(=O)c3c(F)c(F)cc(CCCNS(=O)[O-])c3F)cc2c1. The van der Waals surface area contributed by atoms with Crippen molar-refractivity contribution in [1.82, 2.24) is 9.71 Å². The Hall–Kier alpha value is -2.62. The second kappa shape index (κ2) is 8.81. The monoisotopic (exact) mass is 421 g/mol. The highest BCUT2D eigenvalue weighted by Crippen LogP contribution is 2.25. The maximum absolute atomic E-state index is 14.8. The van der Waals surface area contributed by atoms with E-state index in [9.17, 15) is 26.7 Å². The lowest BCUT2D eigenvalue weighted by molar-refractivity contribution is 0.102. The molecule has 0 spiro atoms. The third kappa shape index (κ3) is 4.69. The number of carbonyl (C=O) groups is 1. The standard InChI is InChI=1S/C20H17F3N2O3S/c1-11-7-14-8-13(4-5-16(14)24-10-11)20(26)17-18(22)12(9-15(21)19(17)23)3-2-6-25-29(27)28/h4-5,7-10,25H,2-3,6H2,1H3,(H,27,28)/p-1. The maximum atomic E-state index is 14.8. The number of nitrogens with zero attached hydrogens (tertiary/aromatic N) is 1. The molecule has 3 aromatic rings. The number of ketones is 1. The van der Waals surface area contributed by atoms with E-state index in [1.165, 1.54) is 12.1 Å². The fraction of sp³-hybridized carbons (Fsp3) is 0.200. The molecule has 9 heteroatoms. The molecule has 1 N–H and O–H groups in total. The van der Waals surface area contributed by atoms with Crippen LogP contribution in [0.1, 0.15) is 33.5 Å². The summed E-state index contributed by atoms with van der Waals surface area (Å²) >= 11 is -2.47. The highest BCUT2D eigenvalue weighted by Gasteiger charge is 2.25. The number of carbonyl (C=O) groups excluding carboxylic acids is 1. The summed E-state index contributed by atoms with van der Waals surface area (Å²) in [5.74, 6) is -5.04. The summed E-state index contributed by atoms with van der Waals surface area (Å²) in [6.07, 6.45) is 1.72. The molecule has 2 aromatic carbocycles. The van der Waals surface area contributed by atoms with Crippen LogP contribution >= 0.6 is 0 Å². The van der Waals surface area contributed by atoms with E-state index in [1.807, 2.05) is 6.92 Å². The largest absolute Gasteiger partial charge is 0.760 e. The third-order valence-electron chi connectivity index (χ3n) is 4.38. The van der Waals surface area contributed by atoms with Gasteiger partial charge in [-0.05, 0) is 61.2 Å². The molecule has 0 fully saturated rings. The maximum Gasteiger partial charge on any atom is 0.199 e. The van der Waals surface area contributed by atoms with Gasteiger partial charge in [0.05, 0.1) is 11.1 Å². The van der Waals surface area contributed by atoms with E-state index < -0.39 is 40.1 Å². The summed E-state index contributed by atoms with van der Waals surface area (Å²) in [6.45, 7) is 1.81. The lowest BCUT2D eigenvalue weighted by Crippen LogP contribution is -2.18. The number of rotatable bonds is 7. The van der Waals surface area contributed by atoms with E-state index in [0.717, 1.165) is 5.56 Å². The highest BCUT2D eigenvalue weighted by molar-refractivity contribution is 7.77. The zero-order valence-corrected chi connectivity index (χ0v) is 16.1. The number of aryl methyl sites for hydroxylation is 2. The van der Waals surface area contributed by atoms with Crippen LogP contribution in [0.2, 0.25) is 0 Å². The van der Waals surface area contributed by atoms with Crippen LogP contribution in [0.4, 0.5) is 13.2 Å². The average Bonchev–Trinajstić information content (AvgIpc) is 2.68. The van der Waals surface area contributed by atoms with E-state index in [-0.39, 0.29) is 30.5 Å². The van der Waals surface area contributed by atoms with Gasteiger partial charge < -0.3 is 4.55 Å². The number of hydrogen-bond acceptors (Lipinski definition) is 4. The summed E-state index contributed by atoms with van der Waals surface area (Å²) in [7, 11) is 0. The first-order valence-electron chi connectivity index (χ1n) is 8.68. The Bertz CT molecular complexity index is 1120. The van der Waals surface area contributed by atoms with Crippen LogP contribution in [0.15, 0.2) is 36.5 Å². The quantitative estimate of drug-likeness (QED) is 0.274. The first-order chi connectivity index (χ1) is 13.8. The zero-order valence-electron chi connectivity index (χ0n) is 15.3. The predicted octanol–water partition coefficient (Wildman–Crippen LogP) is 3.51. The molecule has 0 bridgehead atoms. The van der Waals surface area contributed by atoms with Crippen molar-refractivity contribution in [3.8, 4) is 0 Å². The lowest BCUT2D eigenvalue weighted by Gasteiger charge is -2.12. The zero-order chi connectivity index (χ0) is 21.1. The predicted molar refractivity (Wildman–Crippen MR) is 101 cm³/mol. The Morgan fingerprint density at radius 3 is 2.66 bits per heavy atom. The molecule has 1 atom stereocenters. The van der Waals surface area contributed by atoms with Crippen LogP contribution in [-0.4, -0.2) is 26.1 Å². The van der Waals surface area contributed by atoms with E-state index in [1.54, 1.807) is 18.3 Å². The van der Waals surface area contributed by atoms with Crippen LogP contribution in [0.25, 0.3) is 10.9 Å². The molecule has 152 valence electrons. The van der Waals surface area contributed by atoms with Crippen molar-refractivity contribution in [3.63, 3.8) is 0 Å². The summed E-state index contributed by atoms with van der Waals surface area (Å²) in [4.78, 5) is 17.0. The van der Waals surface area contributed by atoms with E-state index >= 15 is 0 Å².